The first-order valence-corrected chi connectivity index (χ1v) is 12.2. The Balaban J connectivity index is 2.14. The largest absolute Gasteiger partial charge is 0.462 e. The Morgan fingerprint density at radius 1 is 0.857 bits per heavy atom. The highest BCUT2D eigenvalue weighted by molar-refractivity contribution is 6.29. The Labute approximate surface area is 238 Å². The van der Waals surface area contributed by atoms with Crippen molar-refractivity contribution < 1.29 is 48.1 Å². The number of carbonyl (C=O) groups is 6. The van der Waals surface area contributed by atoms with E-state index in [4.69, 9.17) is 19.9 Å². The number of urea groups is 1. The number of nitrogens with two attached hydrogens (primary N) is 1. The lowest BCUT2D eigenvalue weighted by atomic mass is 9.99. The molecule has 1 aliphatic heterocycles. The number of hydrogen-bond acceptors (Lipinski definition) is 10. The van der Waals surface area contributed by atoms with Gasteiger partial charge in [-0.05, 0) is 23.6 Å². The third-order valence-corrected chi connectivity index (χ3v) is 6.16. The molecule has 216 valence electrons. The number of rotatable bonds is 6. The molecular weight excluding hydrogens is 552 g/mol. The second kappa shape index (κ2) is 11.0. The number of nitrogens with zero attached hydrogens (tertiary/aromatic N) is 2. The summed E-state index contributed by atoms with van der Waals surface area (Å²) in [5.41, 5.74) is 8.27. The number of imide groups is 1. The Morgan fingerprint density at radius 2 is 1.40 bits per heavy atom. The summed E-state index contributed by atoms with van der Waals surface area (Å²) >= 11 is 0. The first kappa shape index (κ1) is 29.2. The van der Waals surface area contributed by atoms with E-state index in [9.17, 15) is 33.9 Å². The van der Waals surface area contributed by atoms with Crippen LogP contribution < -0.4 is 30.0 Å². The van der Waals surface area contributed by atoms with Gasteiger partial charge in [-0.25, -0.2) is 14.5 Å². The molecule has 1 heterocycles. The number of benzene rings is 3. The average molecular weight is 578 g/mol. The van der Waals surface area contributed by atoms with Crippen LogP contribution in [0.2, 0.25) is 0 Å². The maximum atomic E-state index is 13.9. The molecule has 1 atom stereocenters. The molecule has 14 nitrogen and oxygen atoms in total. The number of esters is 3. The van der Waals surface area contributed by atoms with Gasteiger partial charge >= 0.3 is 30.0 Å². The van der Waals surface area contributed by atoms with Gasteiger partial charge in [-0.15, -0.1) is 5.43 Å². The second-order valence-corrected chi connectivity index (χ2v) is 9.08. The summed E-state index contributed by atoms with van der Waals surface area (Å²) in [6.45, 7) is 3.17. The van der Waals surface area contributed by atoms with Crippen LogP contribution >= 0.6 is 0 Å². The highest BCUT2D eigenvalue weighted by Gasteiger charge is 2.56. The topological polar surface area (TPSA) is 192 Å². The van der Waals surface area contributed by atoms with Crippen LogP contribution in [0, 0.1) is 0 Å². The number of fused-ring (bicyclic) bond motifs is 1. The molecule has 0 radical (unpaired) electrons. The number of hydrogen-bond donors (Lipinski definition) is 3. The van der Waals surface area contributed by atoms with Gasteiger partial charge in [0.05, 0.1) is 0 Å². The molecule has 0 aliphatic carbocycles. The Morgan fingerprint density at radius 3 is 1.95 bits per heavy atom. The van der Waals surface area contributed by atoms with Crippen molar-refractivity contribution in [3.63, 3.8) is 0 Å². The smallest absolute Gasteiger partial charge is 0.462 e. The SMILES string of the molecule is CC(=O)Oc1cc(C2=C(N)[N+](NC(=O)O)(c3cccc4ccccc34)C(=O)N(C)C2=O)cc(OC(C)=O)c1OC(C)=O. The summed E-state index contributed by atoms with van der Waals surface area (Å²) < 4.78 is 14.2. The van der Waals surface area contributed by atoms with Crippen LogP contribution in [-0.2, 0) is 19.2 Å². The zero-order valence-electron chi connectivity index (χ0n) is 22.8. The monoisotopic (exact) mass is 577 g/mol. The minimum atomic E-state index is -1.65. The van der Waals surface area contributed by atoms with E-state index in [-0.39, 0.29) is 11.3 Å². The quantitative estimate of drug-likeness (QED) is 0.222. The van der Waals surface area contributed by atoms with Crippen LogP contribution in [0.15, 0.2) is 60.4 Å². The van der Waals surface area contributed by atoms with Crippen LogP contribution in [-0.4, -0.2) is 53.0 Å². The third-order valence-electron chi connectivity index (χ3n) is 6.16. The van der Waals surface area contributed by atoms with Crippen LogP contribution in [0.1, 0.15) is 26.3 Å². The lowest BCUT2D eigenvalue weighted by Crippen LogP contribution is -2.72. The number of carboxylic acid groups (broad SMARTS) is 1. The predicted octanol–water partition coefficient (Wildman–Crippen LogP) is 3.03. The number of carbonyl (C=O) groups excluding carboxylic acids is 5. The molecule has 0 saturated carbocycles. The predicted molar refractivity (Wildman–Crippen MR) is 147 cm³/mol. The molecule has 42 heavy (non-hydrogen) atoms. The summed E-state index contributed by atoms with van der Waals surface area (Å²) in [4.78, 5) is 76.0. The number of nitrogens with one attached hydrogen (secondary N) is 1. The fourth-order valence-electron chi connectivity index (χ4n) is 4.60. The summed E-state index contributed by atoms with van der Waals surface area (Å²) in [7, 11) is 1.13. The van der Waals surface area contributed by atoms with E-state index in [2.05, 4.69) is 5.43 Å². The maximum absolute atomic E-state index is 13.9. The highest BCUT2D eigenvalue weighted by atomic mass is 16.6. The fourth-order valence-corrected chi connectivity index (χ4v) is 4.60. The molecular formula is C28H25N4O10+. The molecule has 3 aromatic rings. The van der Waals surface area contributed by atoms with Crippen molar-refractivity contribution in [1.82, 2.24) is 14.9 Å². The van der Waals surface area contributed by atoms with Crippen LogP contribution in [0.4, 0.5) is 15.3 Å². The zero-order chi connectivity index (χ0) is 30.9. The van der Waals surface area contributed by atoms with E-state index >= 15 is 0 Å². The van der Waals surface area contributed by atoms with Gasteiger partial charge in [0.2, 0.25) is 5.75 Å². The normalized spacial score (nSPS) is 16.7. The average Bonchev–Trinajstić information content (AvgIpc) is 2.90. The van der Waals surface area contributed by atoms with Gasteiger partial charge in [-0.1, -0.05) is 34.9 Å². The van der Waals surface area contributed by atoms with Gasteiger partial charge in [0.25, 0.3) is 11.7 Å². The minimum absolute atomic E-state index is 0.0757. The molecule has 0 spiro atoms. The number of likely N-dealkylation sites (N-methyl/N-ethyl adjacent to an activating group) is 1. The van der Waals surface area contributed by atoms with Gasteiger partial charge < -0.3 is 25.1 Å². The van der Waals surface area contributed by atoms with Gasteiger partial charge in [-0.2, -0.15) is 0 Å². The van der Waals surface area contributed by atoms with Crippen molar-refractivity contribution in [2.75, 3.05) is 7.05 Å². The van der Waals surface area contributed by atoms with Crippen LogP contribution in [0.3, 0.4) is 0 Å². The Kier molecular flexibility index (Phi) is 7.67. The van der Waals surface area contributed by atoms with E-state index in [1.807, 2.05) is 0 Å². The number of amides is 4. The molecule has 4 amide bonds. The minimum Gasteiger partial charge on any atom is -0.462 e. The van der Waals surface area contributed by atoms with E-state index in [0.29, 0.717) is 15.7 Å². The molecule has 3 aromatic carbocycles. The third kappa shape index (κ3) is 5.09. The van der Waals surface area contributed by atoms with Crippen molar-refractivity contribution in [2.45, 2.75) is 20.8 Å². The van der Waals surface area contributed by atoms with E-state index in [1.165, 1.54) is 6.07 Å². The molecule has 0 bridgehead atoms. The first-order valence-electron chi connectivity index (χ1n) is 12.2. The Hall–Kier alpha value is -5.76. The van der Waals surface area contributed by atoms with Crippen molar-refractivity contribution >= 4 is 58.0 Å². The molecule has 1 aliphatic rings. The lowest BCUT2D eigenvalue weighted by Gasteiger charge is -2.39. The summed E-state index contributed by atoms with van der Waals surface area (Å²) in [5, 5.41) is 11.0. The molecule has 0 saturated heterocycles. The molecule has 1 unspecified atom stereocenters. The van der Waals surface area contributed by atoms with Crippen molar-refractivity contribution in [2.24, 2.45) is 5.73 Å². The van der Waals surface area contributed by atoms with Gasteiger partial charge in [0, 0.05) is 44.8 Å². The fraction of sp³-hybridized carbons (Fsp3) is 0.143. The molecule has 4 rings (SSSR count). The van der Waals surface area contributed by atoms with E-state index in [1.54, 1.807) is 36.4 Å². The van der Waals surface area contributed by atoms with Crippen molar-refractivity contribution in [1.29, 1.82) is 0 Å². The van der Waals surface area contributed by atoms with Crippen molar-refractivity contribution in [3.8, 4) is 17.2 Å². The number of ether oxygens (including phenoxy) is 3. The molecule has 0 aromatic heterocycles. The van der Waals surface area contributed by atoms with Gasteiger partial charge in [0.15, 0.2) is 17.2 Å². The first-order chi connectivity index (χ1) is 19.8. The standard InChI is InChI=1S/C28H24N4O10/c1-14(33)40-21-12-18(13-22(41-15(2)34)24(21)42-16(3)35)23-25(29)32(30-27(37)38,28(39)31(4)26(23)36)20-11-7-9-17-8-5-6-10-19(17)20/h5-13,30H,1-4H3,(H2-,29,36,37,38)/p+1. The summed E-state index contributed by atoms with van der Waals surface area (Å²) in [6, 6.07) is 12.8. The van der Waals surface area contributed by atoms with Crippen LogP contribution in [0.25, 0.3) is 16.3 Å². The highest BCUT2D eigenvalue weighted by Crippen LogP contribution is 2.44. The van der Waals surface area contributed by atoms with Gasteiger partial charge in [-0.3, -0.25) is 19.2 Å². The Bertz CT molecular complexity index is 1690. The van der Waals surface area contributed by atoms with Crippen LogP contribution in [0.5, 0.6) is 17.2 Å². The summed E-state index contributed by atoms with van der Waals surface area (Å²) in [5.74, 6) is -5.37. The molecule has 4 N–H and O–H groups in total. The molecule has 14 heteroatoms. The number of quaternary nitrogens is 1. The van der Waals surface area contributed by atoms with E-state index < -0.39 is 69.2 Å². The summed E-state index contributed by atoms with van der Waals surface area (Å²) in [6.07, 6.45) is -1.65. The molecule has 0 fully saturated rings. The van der Waals surface area contributed by atoms with Gasteiger partial charge in [0.1, 0.15) is 5.57 Å². The lowest BCUT2D eigenvalue weighted by molar-refractivity contribution is -0.135. The maximum Gasteiger partial charge on any atom is 0.462 e. The van der Waals surface area contributed by atoms with E-state index in [0.717, 1.165) is 40.0 Å². The second-order valence-electron chi connectivity index (χ2n) is 9.08. The zero-order valence-corrected chi connectivity index (χ0v) is 22.8. The van der Waals surface area contributed by atoms with Crippen molar-refractivity contribution in [3.05, 3.63) is 66.0 Å².